The number of amides is 1. The summed E-state index contributed by atoms with van der Waals surface area (Å²) in [5.41, 5.74) is -0.153. The number of nitrogens with one attached hydrogen (secondary N) is 2. The fourth-order valence-electron chi connectivity index (χ4n) is 1.75. The van der Waals surface area contributed by atoms with Crippen LogP contribution in [0, 0.1) is 0 Å². The van der Waals surface area contributed by atoms with Gasteiger partial charge in [0.05, 0.1) is 18.9 Å². The first kappa shape index (κ1) is 13.2. The van der Waals surface area contributed by atoms with Crippen molar-refractivity contribution < 1.29 is 14.7 Å². The van der Waals surface area contributed by atoms with Crippen LogP contribution in [0.3, 0.4) is 0 Å². The first-order chi connectivity index (χ1) is 9.16. The van der Waals surface area contributed by atoms with Crippen LogP contribution in [-0.2, 0) is 4.79 Å². The van der Waals surface area contributed by atoms with Gasteiger partial charge in [0.1, 0.15) is 5.82 Å². The Morgan fingerprint density at radius 2 is 2.11 bits per heavy atom. The van der Waals surface area contributed by atoms with E-state index in [1.54, 1.807) is 4.90 Å². The maximum atomic E-state index is 11.9. The van der Waals surface area contributed by atoms with E-state index in [0.29, 0.717) is 13.1 Å². The second-order valence-electron chi connectivity index (χ2n) is 4.08. The molecule has 3 N–H and O–H groups in total. The molecule has 1 aliphatic heterocycles. The largest absolute Gasteiger partial charge is 0.476 e. The third-order valence-electron chi connectivity index (χ3n) is 2.74. The number of carboxylic acid groups (broad SMARTS) is 1. The molecule has 0 radical (unpaired) electrons. The number of nitrogens with zero attached hydrogens (tertiary/aromatic N) is 3. The van der Waals surface area contributed by atoms with Crippen molar-refractivity contribution in [2.24, 2.45) is 0 Å². The fraction of sp³-hybridized carbons (Fsp3) is 0.455. The monoisotopic (exact) mass is 265 g/mol. The van der Waals surface area contributed by atoms with Crippen molar-refractivity contribution in [3.05, 3.63) is 18.1 Å². The van der Waals surface area contributed by atoms with Crippen molar-refractivity contribution in [1.29, 1.82) is 0 Å². The zero-order chi connectivity index (χ0) is 13.7. The van der Waals surface area contributed by atoms with Gasteiger partial charge in [-0.3, -0.25) is 9.78 Å². The molecule has 1 saturated heterocycles. The van der Waals surface area contributed by atoms with Crippen LogP contribution in [0.25, 0.3) is 0 Å². The number of aromatic nitrogens is 2. The van der Waals surface area contributed by atoms with Gasteiger partial charge in [0.15, 0.2) is 5.69 Å². The third kappa shape index (κ3) is 3.62. The van der Waals surface area contributed by atoms with E-state index >= 15 is 0 Å². The molecule has 19 heavy (non-hydrogen) atoms. The van der Waals surface area contributed by atoms with Crippen molar-refractivity contribution in [2.75, 3.05) is 38.0 Å². The summed E-state index contributed by atoms with van der Waals surface area (Å²) in [6.45, 7) is 3.03. The van der Waals surface area contributed by atoms with Gasteiger partial charge in [-0.1, -0.05) is 0 Å². The van der Waals surface area contributed by atoms with E-state index < -0.39 is 5.97 Å². The molecule has 1 amide bonds. The molecule has 2 heterocycles. The van der Waals surface area contributed by atoms with Gasteiger partial charge >= 0.3 is 5.97 Å². The number of carboxylic acids is 1. The summed E-state index contributed by atoms with van der Waals surface area (Å²) in [4.78, 5) is 31.9. The van der Waals surface area contributed by atoms with Gasteiger partial charge < -0.3 is 20.6 Å². The Labute approximate surface area is 109 Å². The Morgan fingerprint density at radius 1 is 1.37 bits per heavy atom. The first-order valence-electron chi connectivity index (χ1n) is 5.94. The summed E-state index contributed by atoms with van der Waals surface area (Å²) in [5, 5.41) is 14.7. The van der Waals surface area contributed by atoms with Crippen LogP contribution in [0.4, 0.5) is 5.82 Å². The van der Waals surface area contributed by atoms with Crippen LogP contribution in [0.15, 0.2) is 12.4 Å². The van der Waals surface area contributed by atoms with Crippen molar-refractivity contribution in [3.63, 3.8) is 0 Å². The van der Waals surface area contributed by atoms with E-state index in [2.05, 4.69) is 20.6 Å². The lowest BCUT2D eigenvalue weighted by atomic mass is 10.3. The maximum absolute atomic E-state index is 11.9. The lowest BCUT2D eigenvalue weighted by Crippen LogP contribution is -2.48. The van der Waals surface area contributed by atoms with Crippen LogP contribution < -0.4 is 10.6 Å². The Balaban J connectivity index is 1.89. The van der Waals surface area contributed by atoms with E-state index in [9.17, 15) is 9.59 Å². The minimum absolute atomic E-state index is 0.0379. The maximum Gasteiger partial charge on any atom is 0.356 e. The van der Waals surface area contributed by atoms with E-state index in [4.69, 9.17) is 5.11 Å². The molecule has 0 aromatic carbocycles. The SMILES string of the molecule is O=C(O)c1cncc(NCC(=O)N2CCNCC2)n1. The minimum atomic E-state index is -1.15. The first-order valence-corrected chi connectivity index (χ1v) is 5.94. The Hall–Kier alpha value is -2.22. The van der Waals surface area contributed by atoms with E-state index in [1.165, 1.54) is 6.20 Å². The topological polar surface area (TPSA) is 107 Å². The van der Waals surface area contributed by atoms with Gasteiger partial charge in [-0.15, -0.1) is 0 Å². The van der Waals surface area contributed by atoms with Crippen molar-refractivity contribution in [2.45, 2.75) is 0 Å². The standard InChI is InChI=1S/C11H15N5O3/c17-10(16-3-1-12-2-4-16)7-14-9-6-13-5-8(15-9)11(18)19/h5-6,12H,1-4,7H2,(H,14,15)(H,18,19). The number of rotatable bonds is 4. The molecule has 1 fully saturated rings. The number of aromatic carboxylic acids is 1. The van der Waals surface area contributed by atoms with Crippen LogP contribution >= 0.6 is 0 Å². The number of hydrogen-bond acceptors (Lipinski definition) is 6. The quantitative estimate of drug-likeness (QED) is 0.642. The molecule has 102 valence electrons. The third-order valence-corrected chi connectivity index (χ3v) is 2.74. The molecule has 0 unspecified atom stereocenters. The molecule has 0 spiro atoms. The summed E-state index contributed by atoms with van der Waals surface area (Å²) in [6.07, 6.45) is 2.54. The molecule has 0 atom stereocenters. The van der Waals surface area contributed by atoms with Crippen LogP contribution in [0.5, 0.6) is 0 Å². The molecule has 8 nitrogen and oxygen atoms in total. The van der Waals surface area contributed by atoms with E-state index in [0.717, 1.165) is 19.3 Å². The van der Waals surface area contributed by atoms with Gasteiger partial charge in [-0.05, 0) is 0 Å². The molecule has 0 aliphatic carbocycles. The van der Waals surface area contributed by atoms with Crippen LogP contribution in [-0.4, -0.2) is 64.6 Å². The van der Waals surface area contributed by atoms with Crippen molar-refractivity contribution in [3.8, 4) is 0 Å². The summed E-state index contributed by atoms with van der Waals surface area (Å²) in [7, 11) is 0. The molecule has 0 bridgehead atoms. The number of carbonyl (C=O) groups excluding carboxylic acids is 1. The smallest absolute Gasteiger partial charge is 0.356 e. The predicted molar refractivity (Wildman–Crippen MR) is 66.9 cm³/mol. The zero-order valence-electron chi connectivity index (χ0n) is 10.3. The normalized spacial score (nSPS) is 15.1. The predicted octanol–water partition coefficient (Wildman–Crippen LogP) is -0.981. The molecule has 2 rings (SSSR count). The summed E-state index contributed by atoms with van der Waals surface area (Å²) < 4.78 is 0. The molecule has 1 aromatic rings. The van der Waals surface area contributed by atoms with Crippen LogP contribution in [0.1, 0.15) is 10.5 Å². The average molecular weight is 265 g/mol. The highest BCUT2D eigenvalue weighted by Gasteiger charge is 2.16. The number of carbonyl (C=O) groups is 2. The highest BCUT2D eigenvalue weighted by molar-refractivity contribution is 5.85. The average Bonchev–Trinajstić information content (AvgIpc) is 2.46. The molecular formula is C11H15N5O3. The lowest BCUT2D eigenvalue weighted by molar-refractivity contribution is -0.129. The number of hydrogen-bond donors (Lipinski definition) is 3. The van der Waals surface area contributed by atoms with Gasteiger partial charge in [-0.25, -0.2) is 9.78 Å². The number of piperazine rings is 1. The lowest BCUT2D eigenvalue weighted by Gasteiger charge is -2.27. The highest BCUT2D eigenvalue weighted by atomic mass is 16.4. The molecule has 1 aliphatic rings. The van der Waals surface area contributed by atoms with Gasteiger partial charge in [-0.2, -0.15) is 0 Å². The Kier molecular flexibility index (Phi) is 4.24. The van der Waals surface area contributed by atoms with Crippen molar-refractivity contribution >= 4 is 17.7 Å². The fourth-order valence-corrected chi connectivity index (χ4v) is 1.75. The summed E-state index contributed by atoms with van der Waals surface area (Å²) >= 11 is 0. The molecular weight excluding hydrogens is 250 g/mol. The Bertz CT molecular complexity index is 473. The molecule has 8 heteroatoms. The summed E-state index contributed by atoms with van der Waals surface area (Å²) in [6, 6.07) is 0. The van der Waals surface area contributed by atoms with Gasteiger partial charge in [0.25, 0.3) is 0 Å². The van der Waals surface area contributed by atoms with E-state index in [1.807, 2.05) is 0 Å². The second-order valence-corrected chi connectivity index (χ2v) is 4.08. The van der Waals surface area contributed by atoms with Gasteiger partial charge in [0, 0.05) is 26.2 Å². The van der Waals surface area contributed by atoms with Gasteiger partial charge in [0.2, 0.25) is 5.91 Å². The molecule has 1 aromatic heterocycles. The second kappa shape index (κ2) is 6.10. The molecule has 0 saturated carbocycles. The van der Waals surface area contributed by atoms with Crippen LogP contribution in [0.2, 0.25) is 0 Å². The number of anilines is 1. The summed E-state index contributed by atoms with van der Waals surface area (Å²) in [5.74, 6) is -0.906. The van der Waals surface area contributed by atoms with Crippen molar-refractivity contribution in [1.82, 2.24) is 20.2 Å². The highest BCUT2D eigenvalue weighted by Crippen LogP contribution is 2.02. The minimum Gasteiger partial charge on any atom is -0.476 e. The van der Waals surface area contributed by atoms with E-state index in [-0.39, 0.29) is 24.0 Å². The Morgan fingerprint density at radius 3 is 2.79 bits per heavy atom. The zero-order valence-corrected chi connectivity index (χ0v) is 10.3.